The first-order valence-corrected chi connectivity index (χ1v) is 9.41. The van der Waals surface area contributed by atoms with Crippen LogP contribution < -0.4 is 15.5 Å². The first-order valence-electron chi connectivity index (χ1n) is 8.59. The summed E-state index contributed by atoms with van der Waals surface area (Å²) >= 11 is 1.43. The predicted octanol–water partition coefficient (Wildman–Crippen LogP) is 2.30. The highest BCUT2D eigenvalue weighted by atomic mass is 32.1. The molecule has 3 rings (SSSR count). The number of thiazole rings is 1. The molecule has 1 aliphatic heterocycles. The average Bonchev–Trinajstić information content (AvgIpc) is 3.20. The molecule has 25 heavy (non-hydrogen) atoms. The number of nitrogens with one attached hydrogen (secondary N) is 2. The van der Waals surface area contributed by atoms with Crippen molar-refractivity contribution in [2.24, 2.45) is 0 Å². The molecular formula is C17H24N6OS. The van der Waals surface area contributed by atoms with Crippen LogP contribution in [0, 0.1) is 20.8 Å². The van der Waals surface area contributed by atoms with Crippen LogP contribution >= 0.6 is 11.3 Å². The van der Waals surface area contributed by atoms with Gasteiger partial charge in [-0.2, -0.15) is 0 Å². The van der Waals surface area contributed by atoms with E-state index >= 15 is 0 Å². The molecule has 1 amide bonds. The maximum Gasteiger partial charge on any atom is 0.263 e. The summed E-state index contributed by atoms with van der Waals surface area (Å²) in [6.07, 6.45) is 2.43. The number of carbonyl (C=O) groups is 1. The molecule has 1 saturated heterocycles. The number of nitrogens with zero attached hydrogens (tertiary/aromatic N) is 4. The van der Waals surface area contributed by atoms with Gasteiger partial charge < -0.3 is 15.5 Å². The van der Waals surface area contributed by atoms with Crippen molar-refractivity contribution in [2.75, 3.05) is 36.4 Å². The van der Waals surface area contributed by atoms with E-state index in [0.717, 1.165) is 41.3 Å². The van der Waals surface area contributed by atoms with E-state index in [2.05, 4.69) is 30.5 Å². The molecule has 8 heteroatoms. The normalized spacial score (nSPS) is 14.0. The summed E-state index contributed by atoms with van der Waals surface area (Å²) in [5, 5.41) is 7.10. The Morgan fingerprint density at radius 1 is 1.16 bits per heavy atom. The summed E-state index contributed by atoms with van der Waals surface area (Å²) in [7, 11) is 0. The second-order valence-corrected chi connectivity index (χ2v) is 7.39. The third-order valence-electron chi connectivity index (χ3n) is 4.08. The fraction of sp³-hybridized carbons (Fsp3) is 0.529. The van der Waals surface area contributed by atoms with Gasteiger partial charge >= 0.3 is 0 Å². The van der Waals surface area contributed by atoms with Crippen LogP contribution in [0.4, 0.5) is 11.6 Å². The van der Waals surface area contributed by atoms with Crippen LogP contribution in [0.25, 0.3) is 0 Å². The molecule has 2 aromatic heterocycles. The summed E-state index contributed by atoms with van der Waals surface area (Å²) < 4.78 is 0. The highest BCUT2D eigenvalue weighted by Gasteiger charge is 2.15. The lowest BCUT2D eigenvalue weighted by molar-refractivity contribution is 0.0958. The maximum absolute atomic E-state index is 12.2. The molecule has 1 fully saturated rings. The van der Waals surface area contributed by atoms with Crippen molar-refractivity contribution in [1.82, 2.24) is 20.3 Å². The summed E-state index contributed by atoms with van der Waals surface area (Å²) in [5.41, 5.74) is 0.787. The Bertz CT molecular complexity index is 754. The monoisotopic (exact) mass is 360 g/mol. The first kappa shape index (κ1) is 17.6. The number of aromatic nitrogens is 3. The van der Waals surface area contributed by atoms with Gasteiger partial charge in [-0.05, 0) is 33.6 Å². The van der Waals surface area contributed by atoms with Gasteiger partial charge in [-0.25, -0.2) is 15.0 Å². The zero-order chi connectivity index (χ0) is 17.8. The predicted molar refractivity (Wildman–Crippen MR) is 101 cm³/mol. The summed E-state index contributed by atoms with van der Waals surface area (Å²) in [6, 6.07) is 1.98. The molecule has 0 aromatic carbocycles. The van der Waals surface area contributed by atoms with E-state index in [0.29, 0.717) is 18.0 Å². The quantitative estimate of drug-likeness (QED) is 0.769. The second-order valence-electron chi connectivity index (χ2n) is 6.18. The standard InChI is InChI=1S/C17H24N6OS/c1-11-16(25-13(3)20-11)17(24)19-7-6-18-14-10-15(22-12(2)21-14)23-8-4-5-9-23/h10H,4-9H2,1-3H3,(H,19,24)(H,18,21,22). The van der Waals surface area contributed by atoms with Crippen LogP contribution in [0.5, 0.6) is 0 Å². The molecule has 2 N–H and O–H groups in total. The highest BCUT2D eigenvalue weighted by molar-refractivity contribution is 7.13. The van der Waals surface area contributed by atoms with E-state index in [1.54, 1.807) is 0 Å². The molecule has 3 heterocycles. The van der Waals surface area contributed by atoms with Gasteiger partial charge in [0.25, 0.3) is 5.91 Å². The van der Waals surface area contributed by atoms with Gasteiger partial charge in [0.05, 0.1) is 10.7 Å². The fourth-order valence-corrected chi connectivity index (χ4v) is 3.78. The van der Waals surface area contributed by atoms with Crippen molar-refractivity contribution >= 4 is 28.9 Å². The van der Waals surface area contributed by atoms with Crippen molar-refractivity contribution in [2.45, 2.75) is 33.6 Å². The molecule has 0 saturated carbocycles. The molecule has 134 valence electrons. The fourth-order valence-electron chi connectivity index (χ4n) is 2.94. The molecule has 0 atom stereocenters. The van der Waals surface area contributed by atoms with E-state index in [-0.39, 0.29) is 5.91 Å². The highest BCUT2D eigenvalue weighted by Crippen LogP contribution is 2.20. The van der Waals surface area contributed by atoms with Crippen molar-refractivity contribution in [3.8, 4) is 0 Å². The van der Waals surface area contributed by atoms with Gasteiger partial charge in [0.1, 0.15) is 22.3 Å². The third-order valence-corrected chi connectivity index (χ3v) is 5.15. The SMILES string of the molecule is Cc1nc(NCCNC(=O)c2sc(C)nc2C)cc(N2CCCC2)n1. The van der Waals surface area contributed by atoms with E-state index in [4.69, 9.17) is 0 Å². The molecule has 0 aliphatic carbocycles. The molecule has 7 nitrogen and oxygen atoms in total. The van der Waals surface area contributed by atoms with Crippen molar-refractivity contribution < 1.29 is 4.79 Å². The minimum Gasteiger partial charge on any atom is -0.368 e. The molecule has 1 aliphatic rings. The Morgan fingerprint density at radius 2 is 1.92 bits per heavy atom. The zero-order valence-electron chi connectivity index (χ0n) is 14.9. The van der Waals surface area contributed by atoms with E-state index in [1.807, 2.05) is 26.8 Å². The lowest BCUT2D eigenvalue weighted by atomic mass is 10.3. The van der Waals surface area contributed by atoms with Gasteiger partial charge in [-0.3, -0.25) is 4.79 Å². The van der Waals surface area contributed by atoms with Crippen LogP contribution in [0.2, 0.25) is 0 Å². The van der Waals surface area contributed by atoms with Crippen LogP contribution in [0.1, 0.15) is 39.0 Å². The topological polar surface area (TPSA) is 83.0 Å². The Balaban J connectivity index is 1.52. The molecule has 0 bridgehead atoms. The minimum absolute atomic E-state index is 0.0680. The van der Waals surface area contributed by atoms with E-state index in [1.165, 1.54) is 24.2 Å². The van der Waals surface area contributed by atoms with Crippen LogP contribution in [0.3, 0.4) is 0 Å². The number of aryl methyl sites for hydroxylation is 3. The lowest BCUT2D eigenvalue weighted by Crippen LogP contribution is -2.29. The van der Waals surface area contributed by atoms with Crippen LogP contribution in [-0.2, 0) is 0 Å². The number of anilines is 2. The average molecular weight is 360 g/mol. The molecule has 0 radical (unpaired) electrons. The Hall–Kier alpha value is -2.22. The Kier molecular flexibility index (Phi) is 5.47. The summed E-state index contributed by atoms with van der Waals surface area (Å²) in [4.78, 5) is 28.4. The second kappa shape index (κ2) is 7.77. The number of carbonyl (C=O) groups excluding carboxylic acids is 1. The minimum atomic E-state index is -0.0680. The maximum atomic E-state index is 12.2. The Labute approximate surface area is 151 Å². The van der Waals surface area contributed by atoms with E-state index < -0.39 is 0 Å². The van der Waals surface area contributed by atoms with Crippen LogP contribution in [-0.4, -0.2) is 47.0 Å². The van der Waals surface area contributed by atoms with Gasteiger partial charge in [-0.1, -0.05) is 0 Å². The third kappa shape index (κ3) is 4.45. The first-order chi connectivity index (χ1) is 12.0. The molecule has 0 unspecified atom stereocenters. The number of hydrogen-bond acceptors (Lipinski definition) is 7. The molecule has 0 spiro atoms. The number of rotatable bonds is 6. The summed E-state index contributed by atoms with van der Waals surface area (Å²) in [5.74, 6) is 2.47. The largest absolute Gasteiger partial charge is 0.368 e. The molecule has 2 aromatic rings. The van der Waals surface area contributed by atoms with Gasteiger partial charge in [-0.15, -0.1) is 11.3 Å². The van der Waals surface area contributed by atoms with Crippen molar-refractivity contribution in [1.29, 1.82) is 0 Å². The number of hydrogen-bond donors (Lipinski definition) is 2. The molecular weight excluding hydrogens is 336 g/mol. The smallest absolute Gasteiger partial charge is 0.263 e. The summed E-state index contributed by atoms with van der Waals surface area (Å²) in [6.45, 7) is 8.92. The lowest BCUT2D eigenvalue weighted by Gasteiger charge is -2.17. The van der Waals surface area contributed by atoms with Crippen molar-refractivity contribution in [3.63, 3.8) is 0 Å². The number of amides is 1. The van der Waals surface area contributed by atoms with Crippen LogP contribution in [0.15, 0.2) is 6.07 Å². The van der Waals surface area contributed by atoms with Gasteiger partial charge in [0, 0.05) is 32.2 Å². The van der Waals surface area contributed by atoms with Crippen molar-refractivity contribution in [3.05, 3.63) is 27.5 Å². The van der Waals surface area contributed by atoms with Gasteiger partial charge in [0.2, 0.25) is 0 Å². The van der Waals surface area contributed by atoms with E-state index in [9.17, 15) is 4.79 Å². The zero-order valence-corrected chi connectivity index (χ0v) is 15.7. The Morgan fingerprint density at radius 3 is 2.60 bits per heavy atom. The van der Waals surface area contributed by atoms with Gasteiger partial charge in [0.15, 0.2) is 0 Å².